The molecule has 0 bridgehead atoms. The first-order valence-electron chi connectivity index (χ1n) is 16.2. The first-order chi connectivity index (χ1) is 23.6. The number of fused-ring (bicyclic) bond motifs is 8. The summed E-state index contributed by atoms with van der Waals surface area (Å²) in [5.41, 5.74) is 9.41. The average molecular weight is 643 g/mol. The Hall–Kier alpha value is -5.45. The highest BCUT2D eigenvalue weighted by Gasteiger charge is 2.35. The highest BCUT2D eigenvalue weighted by Crippen LogP contribution is 2.41. The van der Waals surface area contributed by atoms with Crippen molar-refractivity contribution in [2.24, 2.45) is 0 Å². The van der Waals surface area contributed by atoms with E-state index in [1.54, 1.807) is 0 Å². The van der Waals surface area contributed by atoms with E-state index in [0.717, 1.165) is 63.7 Å². The number of rotatable bonds is 3. The van der Waals surface area contributed by atoms with Crippen LogP contribution in [-0.4, -0.2) is 49.2 Å². The topological polar surface area (TPSA) is 119 Å². The van der Waals surface area contributed by atoms with Gasteiger partial charge in [0.15, 0.2) is 23.0 Å². The van der Waals surface area contributed by atoms with Crippen molar-refractivity contribution >= 4 is 27.8 Å². The smallest absolute Gasteiger partial charge is 0.323 e. The second-order valence-corrected chi connectivity index (χ2v) is 12.4. The monoisotopic (exact) mass is 642 g/mol. The van der Waals surface area contributed by atoms with Crippen LogP contribution in [0.5, 0.6) is 23.0 Å². The molecule has 2 aromatic heterocycles. The average Bonchev–Trinajstić information content (AvgIpc) is 3.94. The number of benzene rings is 4. The molecule has 4 aliphatic rings. The van der Waals surface area contributed by atoms with Crippen molar-refractivity contribution in [2.75, 3.05) is 27.2 Å². The summed E-state index contributed by atoms with van der Waals surface area (Å²) in [6.45, 7) is 1.53. The third-order valence-corrected chi connectivity index (χ3v) is 9.72. The fraction of sp³-hybridized carbons (Fsp3) is 0.237. The van der Waals surface area contributed by atoms with Crippen LogP contribution < -0.4 is 29.6 Å². The maximum atomic E-state index is 12.3. The zero-order valence-corrected chi connectivity index (χ0v) is 26.3. The Morgan fingerprint density at radius 1 is 0.688 bits per heavy atom. The molecular formula is C38H34N4O6. The van der Waals surface area contributed by atoms with Crippen LogP contribution in [0.2, 0.25) is 0 Å². The van der Waals surface area contributed by atoms with Crippen molar-refractivity contribution in [3.05, 3.63) is 119 Å². The number of aromatic amines is 2. The highest BCUT2D eigenvalue weighted by molar-refractivity contribution is 5.87. The number of ether oxygens (including phenoxy) is 5. The van der Waals surface area contributed by atoms with E-state index in [4.69, 9.17) is 23.7 Å². The summed E-state index contributed by atoms with van der Waals surface area (Å²) in [6.07, 6.45) is 1.65. The van der Waals surface area contributed by atoms with Gasteiger partial charge in [0.05, 0.1) is 19.2 Å². The van der Waals surface area contributed by atoms with Crippen molar-refractivity contribution in [1.82, 2.24) is 20.6 Å². The second-order valence-electron chi connectivity index (χ2n) is 12.4. The first kappa shape index (κ1) is 28.7. The van der Waals surface area contributed by atoms with Gasteiger partial charge in [0.2, 0.25) is 13.6 Å². The van der Waals surface area contributed by atoms with Gasteiger partial charge in [-0.05, 0) is 65.1 Å². The molecule has 0 aliphatic carbocycles. The molecule has 3 atom stereocenters. The molecule has 10 rings (SSSR count). The van der Waals surface area contributed by atoms with Gasteiger partial charge in [-0.25, -0.2) is 0 Å². The van der Waals surface area contributed by atoms with Crippen molar-refractivity contribution in [2.45, 2.75) is 31.0 Å². The number of para-hydroxylation sites is 2. The minimum atomic E-state index is -0.401. The summed E-state index contributed by atoms with van der Waals surface area (Å²) in [5.74, 6) is 2.87. The van der Waals surface area contributed by atoms with Crippen LogP contribution in [-0.2, 0) is 22.4 Å². The van der Waals surface area contributed by atoms with Gasteiger partial charge in [0.25, 0.3) is 0 Å². The number of methoxy groups -OCH3 is 1. The van der Waals surface area contributed by atoms with E-state index in [1.807, 2.05) is 36.4 Å². The summed E-state index contributed by atoms with van der Waals surface area (Å²) in [7, 11) is 1.42. The van der Waals surface area contributed by atoms with Crippen molar-refractivity contribution in [3.63, 3.8) is 0 Å². The van der Waals surface area contributed by atoms with Gasteiger partial charge in [-0.1, -0.05) is 48.5 Å². The Balaban J connectivity index is 0.000000132. The zero-order chi connectivity index (χ0) is 32.2. The van der Waals surface area contributed by atoms with Gasteiger partial charge in [-0.2, -0.15) is 0 Å². The summed E-state index contributed by atoms with van der Waals surface area (Å²) >= 11 is 0. The highest BCUT2D eigenvalue weighted by atomic mass is 16.7. The predicted octanol–water partition coefficient (Wildman–Crippen LogP) is 5.81. The van der Waals surface area contributed by atoms with Crippen LogP contribution in [0, 0.1) is 0 Å². The van der Waals surface area contributed by atoms with Crippen LogP contribution in [0.3, 0.4) is 0 Å². The Morgan fingerprint density at radius 3 is 1.90 bits per heavy atom. The number of aromatic nitrogens is 2. The fourth-order valence-electron chi connectivity index (χ4n) is 7.44. The molecular weight excluding hydrogens is 608 g/mol. The molecule has 242 valence electrons. The first-order valence-corrected chi connectivity index (χ1v) is 16.2. The Bertz CT molecular complexity index is 2190. The summed E-state index contributed by atoms with van der Waals surface area (Å²) in [5, 5.41) is 9.52. The van der Waals surface area contributed by atoms with E-state index in [-0.39, 0.29) is 24.8 Å². The minimum absolute atomic E-state index is 0.162. The summed E-state index contributed by atoms with van der Waals surface area (Å²) in [4.78, 5) is 19.4. The molecule has 0 spiro atoms. The molecule has 10 nitrogen and oxygen atoms in total. The van der Waals surface area contributed by atoms with Crippen LogP contribution >= 0.6 is 0 Å². The number of hydrogen-bond acceptors (Lipinski definition) is 8. The van der Waals surface area contributed by atoms with Crippen LogP contribution in [0.1, 0.15) is 45.7 Å². The van der Waals surface area contributed by atoms with E-state index < -0.39 is 6.04 Å². The van der Waals surface area contributed by atoms with Crippen molar-refractivity contribution in [3.8, 4) is 23.0 Å². The van der Waals surface area contributed by atoms with Crippen LogP contribution in [0.25, 0.3) is 21.8 Å². The quantitative estimate of drug-likeness (QED) is 0.179. The standard InChI is InChI=1S/C20H18N2O4.C18H16N2O2/c1-24-20(23)15-9-13-12-4-2-3-5-14(12)21-19(13)18(22-15)11-6-7-16-17(8-11)26-10-25-16;1-2-4-14-12(3-1)13-7-8-19-17(18(13)20-14)11-5-6-15-16(9-11)22-10-21-15/h2-8,15,18,21-22H,9-10H2,1H3;1-6,9,17,19-20H,7-8,10H2/t15-,18-;17-/m11/s1. The minimum Gasteiger partial charge on any atom is -0.468 e. The van der Waals surface area contributed by atoms with Gasteiger partial charge in [0.1, 0.15) is 6.04 Å². The molecule has 10 heteroatoms. The number of carbonyl (C=O) groups is 1. The molecule has 4 aliphatic heterocycles. The molecule has 0 fully saturated rings. The largest absolute Gasteiger partial charge is 0.468 e. The Morgan fingerprint density at radius 2 is 1.25 bits per heavy atom. The molecule has 0 radical (unpaired) electrons. The Kier molecular flexibility index (Phi) is 6.98. The van der Waals surface area contributed by atoms with Gasteiger partial charge in [0, 0.05) is 46.2 Å². The normalized spacial score (nSPS) is 20.1. The molecule has 4 N–H and O–H groups in total. The zero-order valence-electron chi connectivity index (χ0n) is 26.3. The van der Waals surface area contributed by atoms with Crippen LogP contribution in [0.4, 0.5) is 0 Å². The van der Waals surface area contributed by atoms with E-state index in [0.29, 0.717) is 13.2 Å². The summed E-state index contributed by atoms with van der Waals surface area (Å²) < 4.78 is 26.9. The van der Waals surface area contributed by atoms with E-state index >= 15 is 0 Å². The predicted molar refractivity (Wildman–Crippen MR) is 180 cm³/mol. The van der Waals surface area contributed by atoms with Gasteiger partial charge in [-0.3, -0.25) is 10.1 Å². The van der Waals surface area contributed by atoms with Crippen molar-refractivity contribution < 1.29 is 28.5 Å². The summed E-state index contributed by atoms with van der Waals surface area (Å²) in [6, 6.07) is 28.4. The Labute approximate surface area is 276 Å². The molecule has 0 saturated heterocycles. The fourth-order valence-corrected chi connectivity index (χ4v) is 7.44. The second kappa shape index (κ2) is 11.7. The maximum Gasteiger partial charge on any atom is 0.323 e. The molecule has 48 heavy (non-hydrogen) atoms. The van der Waals surface area contributed by atoms with Crippen molar-refractivity contribution in [1.29, 1.82) is 0 Å². The maximum absolute atomic E-state index is 12.3. The lowest BCUT2D eigenvalue weighted by Crippen LogP contribution is -2.45. The number of esters is 1. The van der Waals surface area contributed by atoms with Gasteiger partial charge in [-0.15, -0.1) is 0 Å². The molecule has 4 aromatic carbocycles. The van der Waals surface area contributed by atoms with E-state index in [2.05, 4.69) is 69.1 Å². The molecule has 0 amide bonds. The lowest BCUT2D eigenvalue weighted by atomic mass is 9.90. The lowest BCUT2D eigenvalue weighted by molar-refractivity contribution is -0.143. The number of hydrogen-bond donors (Lipinski definition) is 4. The molecule has 0 unspecified atom stereocenters. The number of H-pyrrole nitrogens is 2. The van der Waals surface area contributed by atoms with E-state index in [9.17, 15) is 4.79 Å². The molecule has 0 saturated carbocycles. The van der Waals surface area contributed by atoms with Gasteiger partial charge < -0.3 is 39.0 Å². The SMILES string of the molecule is COC(=O)[C@H]1Cc2c([nH]c3ccccc23)[C@@H](c2ccc3c(c2)OCO3)N1.c1ccc2c3c([nH]c2c1)[C@@H](c1ccc2c(c1)OCO2)NCC3. The van der Waals surface area contributed by atoms with Gasteiger partial charge >= 0.3 is 5.97 Å². The molecule has 6 aromatic rings. The number of carbonyl (C=O) groups excluding carboxylic acids is 1. The number of nitrogens with one attached hydrogen (secondary N) is 4. The third-order valence-electron chi connectivity index (χ3n) is 9.72. The van der Waals surface area contributed by atoms with E-state index in [1.165, 1.54) is 34.8 Å². The third kappa shape index (κ3) is 4.83. The molecule has 6 heterocycles. The van der Waals surface area contributed by atoms with Crippen LogP contribution in [0.15, 0.2) is 84.9 Å². The lowest BCUT2D eigenvalue weighted by Gasteiger charge is -2.30.